The number of carboxylic acids is 1. The summed E-state index contributed by atoms with van der Waals surface area (Å²) in [7, 11) is 0. The number of rotatable bonds is 2. The van der Waals surface area contributed by atoms with Gasteiger partial charge >= 0.3 is 12.1 Å². The fraction of sp³-hybridized carbons (Fsp3) is 0.385. The molecule has 0 bridgehead atoms. The first-order valence-electron chi connectivity index (χ1n) is 6.12. The van der Waals surface area contributed by atoms with Crippen LogP contribution in [-0.4, -0.2) is 34.5 Å². The van der Waals surface area contributed by atoms with E-state index in [0.717, 1.165) is 4.90 Å². The van der Waals surface area contributed by atoms with Gasteiger partial charge in [0.2, 0.25) is 0 Å². The van der Waals surface area contributed by atoms with Crippen LogP contribution in [-0.2, 0) is 11.0 Å². The summed E-state index contributed by atoms with van der Waals surface area (Å²) in [6.45, 7) is 0.0749. The van der Waals surface area contributed by atoms with E-state index in [-0.39, 0.29) is 13.0 Å². The van der Waals surface area contributed by atoms with Crippen molar-refractivity contribution in [3.05, 3.63) is 35.1 Å². The Morgan fingerprint density at radius 3 is 2.52 bits per heavy atom. The Bertz CT molecular complexity index is 585. The molecule has 114 valence electrons. The number of halogens is 4. The molecule has 1 aliphatic heterocycles. The Morgan fingerprint density at radius 2 is 1.95 bits per heavy atom. The van der Waals surface area contributed by atoms with E-state index < -0.39 is 41.0 Å². The predicted octanol–water partition coefficient (Wildman–Crippen LogP) is 2.53. The molecule has 2 rings (SSSR count). The summed E-state index contributed by atoms with van der Waals surface area (Å²) in [5.41, 5.74) is -1.92. The minimum absolute atomic E-state index is 0.0749. The number of aliphatic carboxylic acids is 1. The van der Waals surface area contributed by atoms with Crippen molar-refractivity contribution in [3.63, 3.8) is 0 Å². The molecule has 1 aliphatic rings. The van der Waals surface area contributed by atoms with Crippen molar-refractivity contribution in [1.29, 1.82) is 0 Å². The second-order valence-corrected chi connectivity index (χ2v) is 4.69. The van der Waals surface area contributed by atoms with Gasteiger partial charge in [-0.1, -0.05) is 0 Å². The van der Waals surface area contributed by atoms with Crippen molar-refractivity contribution < 1.29 is 32.3 Å². The number of hydrogen-bond acceptors (Lipinski definition) is 2. The van der Waals surface area contributed by atoms with Crippen molar-refractivity contribution in [2.45, 2.75) is 25.1 Å². The first-order chi connectivity index (χ1) is 9.71. The summed E-state index contributed by atoms with van der Waals surface area (Å²) in [4.78, 5) is 24.0. The zero-order valence-electron chi connectivity index (χ0n) is 10.7. The first kappa shape index (κ1) is 15.3. The molecule has 1 aromatic carbocycles. The second-order valence-electron chi connectivity index (χ2n) is 4.69. The number of alkyl halides is 3. The van der Waals surface area contributed by atoms with Gasteiger partial charge in [-0.2, -0.15) is 13.2 Å². The molecule has 1 aromatic rings. The highest BCUT2D eigenvalue weighted by atomic mass is 19.4. The van der Waals surface area contributed by atoms with Gasteiger partial charge in [-0.15, -0.1) is 0 Å². The third-order valence-corrected chi connectivity index (χ3v) is 3.32. The molecule has 21 heavy (non-hydrogen) atoms. The zero-order chi connectivity index (χ0) is 15.8. The van der Waals surface area contributed by atoms with E-state index in [2.05, 4.69) is 0 Å². The molecule has 1 fully saturated rings. The fourth-order valence-electron chi connectivity index (χ4n) is 2.29. The average Bonchev–Trinajstić information content (AvgIpc) is 2.86. The van der Waals surface area contributed by atoms with Crippen molar-refractivity contribution in [2.75, 3.05) is 6.54 Å². The topological polar surface area (TPSA) is 57.6 Å². The molecular weight excluding hydrogens is 294 g/mol. The molecule has 0 aromatic heterocycles. The number of likely N-dealkylation sites (tertiary alicyclic amines) is 1. The van der Waals surface area contributed by atoms with Crippen LogP contribution >= 0.6 is 0 Å². The molecular formula is C13H11F4NO3. The van der Waals surface area contributed by atoms with Crippen LogP contribution in [0.3, 0.4) is 0 Å². The highest BCUT2D eigenvalue weighted by Crippen LogP contribution is 2.31. The zero-order valence-corrected chi connectivity index (χ0v) is 10.7. The number of carbonyl (C=O) groups is 2. The van der Waals surface area contributed by atoms with E-state index >= 15 is 0 Å². The molecule has 1 heterocycles. The maximum absolute atomic E-state index is 13.6. The number of benzene rings is 1. The van der Waals surface area contributed by atoms with Crippen LogP contribution in [0.2, 0.25) is 0 Å². The summed E-state index contributed by atoms with van der Waals surface area (Å²) in [6, 6.07) is 0.369. The van der Waals surface area contributed by atoms with Gasteiger partial charge in [0.1, 0.15) is 11.9 Å². The fourth-order valence-corrected chi connectivity index (χ4v) is 2.29. The lowest BCUT2D eigenvalue weighted by Crippen LogP contribution is -2.40. The lowest BCUT2D eigenvalue weighted by molar-refractivity contribution is -0.141. The number of carboxylic acid groups (broad SMARTS) is 1. The average molecular weight is 305 g/mol. The quantitative estimate of drug-likeness (QED) is 0.854. The van der Waals surface area contributed by atoms with Crippen LogP contribution in [0.25, 0.3) is 0 Å². The maximum atomic E-state index is 13.6. The van der Waals surface area contributed by atoms with Gasteiger partial charge in [-0.05, 0) is 31.0 Å². The van der Waals surface area contributed by atoms with E-state index in [0.29, 0.717) is 24.6 Å². The first-order valence-corrected chi connectivity index (χ1v) is 6.12. The Morgan fingerprint density at radius 1 is 1.29 bits per heavy atom. The maximum Gasteiger partial charge on any atom is 0.416 e. The molecule has 4 nitrogen and oxygen atoms in total. The minimum Gasteiger partial charge on any atom is -0.480 e. The van der Waals surface area contributed by atoms with E-state index in [1.165, 1.54) is 0 Å². The van der Waals surface area contributed by atoms with Crippen LogP contribution < -0.4 is 0 Å². The highest BCUT2D eigenvalue weighted by Gasteiger charge is 2.37. The van der Waals surface area contributed by atoms with Crippen molar-refractivity contribution in [1.82, 2.24) is 4.90 Å². The highest BCUT2D eigenvalue weighted by molar-refractivity contribution is 5.97. The molecule has 1 N–H and O–H groups in total. The Balaban J connectivity index is 2.37. The molecule has 0 aliphatic carbocycles. The summed E-state index contributed by atoms with van der Waals surface area (Å²) in [5, 5.41) is 8.96. The Labute approximate surface area is 117 Å². The Hall–Kier alpha value is -2.12. The van der Waals surface area contributed by atoms with E-state index in [1.54, 1.807) is 0 Å². The number of carbonyl (C=O) groups excluding carboxylic acids is 1. The largest absolute Gasteiger partial charge is 0.480 e. The lowest BCUT2D eigenvalue weighted by Gasteiger charge is -2.22. The van der Waals surface area contributed by atoms with Crippen LogP contribution in [0.1, 0.15) is 28.8 Å². The molecule has 0 spiro atoms. The number of hydrogen-bond donors (Lipinski definition) is 1. The summed E-state index contributed by atoms with van der Waals surface area (Å²) in [5.74, 6) is -3.40. The van der Waals surface area contributed by atoms with Crippen molar-refractivity contribution in [2.24, 2.45) is 0 Å². The van der Waals surface area contributed by atoms with Gasteiger partial charge in [0, 0.05) is 6.54 Å². The molecule has 1 saturated heterocycles. The van der Waals surface area contributed by atoms with Gasteiger partial charge in [0.05, 0.1) is 11.1 Å². The number of nitrogens with zero attached hydrogens (tertiary/aromatic N) is 1. The van der Waals surface area contributed by atoms with Gasteiger partial charge in [-0.3, -0.25) is 4.79 Å². The van der Waals surface area contributed by atoms with E-state index in [1.807, 2.05) is 0 Å². The van der Waals surface area contributed by atoms with Gasteiger partial charge in [0.15, 0.2) is 0 Å². The SMILES string of the molecule is O=C(O)C1CCCN1C(=O)c1cc(C(F)(F)F)ccc1F. The minimum atomic E-state index is -4.71. The lowest BCUT2D eigenvalue weighted by atomic mass is 10.1. The summed E-state index contributed by atoms with van der Waals surface area (Å²) in [6.07, 6.45) is -4.11. The van der Waals surface area contributed by atoms with Gasteiger partial charge in [-0.25, -0.2) is 9.18 Å². The van der Waals surface area contributed by atoms with Gasteiger partial charge in [0.25, 0.3) is 5.91 Å². The third kappa shape index (κ3) is 2.98. The smallest absolute Gasteiger partial charge is 0.416 e. The predicted molar refractivity (Wildman–Crippen MR) is 63.1 cm³/mol. The number of amides is 1. The summed E-state index contributed by atoms with van der Waals surface area (Å²) >= 11 is 0. The Kier molecular flexibility index (Phi) is 3.89. The van der Waals surface area contributed by atoms with Crippen LogP contribution in [0.5, 0.6) is 0 Å². The molecule has 0 radical (unpaired) electrons. The van der Waals surface area contributed by atoms with Crippen LogP contribution in [0.4, 0.5) is 17.6 Å². The van der Waals surface area contributed by atoms with Gasteiger partial charge < -0.3 is 10.0 Å². The van der Waals surface area contributed by atoms with Crippen molar-refractivity contribution in [3.8, 4) is 0 Å². The van der Waals surface area contributed by atoms with Crippen LogP contribution in [0, 0.1) is 5.82 Å². The van der Waals surface area contributed by atoms with E-state index in [9.17, 15) is 27.2 Å². The second kappa shape index (κ2) is 5.34. The monoisotopic (exact) mass is 305 g/mol. The summed E-state index contributed by atoms with van der Waals surface area (Å²) < 4.78 is 51.4. The van der Waals surface area contributed by atoms with E-state index in [4.69, 9.17) is 5.11 Å². The standard InChI is InChI=1S/C13H11F4NO3/c14-9-4-3-7(13(15,16)17)6-8(9)11(19)18-5-1-2-10(18)12(20)21/h3-4,6,10H,1-2,5H2,(H,20,21). The van der Waals surface area contributed by atoms with Crippen molar-refractivity contribution >= 4 is 11.9 Å². The third-order valence-electron chi connectivity index (χ3n) is 3.32. The molecule has 0 saturated carbocycles. The molecule has 8 heteroatoms. The molecule has 1 unspecified atom stereocenters. The molecule has 1 amide bonds. The van der Waals surface area contributed by atoms with Crippen LogP contribution in [0.15, 0.2) is 18.2 Å². The normalized spacial score (nSPS) is 18.9. The molecule has 1 atom stereocenters.